The molecule has 0 bridgehead atoms. The minimum Gasteiger partial charge on any atom is -0.310 e. The van der Waals surface area contributed by atoms with Crippen LogP contribution in [-0.2, 0) is 10.8 Å². The highest BCUT2D eigenvalue weighted by Crippen LogP contribution is 2.57. The van der Waals surface area contributed by atoms with Crippen LogP contribution < -0.4 is 4.90 Å². The molecule has 0 radical (unpaired) electrons. The fourth-order valence-electron chi connectivity index (χ4n) is 10.3. The number of hydrogen-bond acceptors (Lipinski definition) is 1. The lowest BCUT2D eigenvalue weighted by molar-refractivity contribution is 0.660. The third-order valence-electron chi connectivity index (χ3n) is 13.0. The van der Waals surface area contributed by atoms with Gasteiger partial charge in [-0.05, 0) is 103 Å². The molecule has 0 fully saturated rings. The van der Waals surface area contributed by atoms with Gasteiger partial charge in [0.05, 0.1) is 11.1 Å². The van der Waals surface area contributed by atoms with E-state index in [1.165, 1.54) is 77.9 Å². The van der Waals surface area contributed by atoms with Crippen molar-refractivity contribution in [3.8, 4) is 44.5 Å². The first-order chi connectivity index (χ1) is 29.0. The van der Waals surface area contributed by atoms with Crippen LogP contribution in [0.5, 0.6) is 0 Å². The average Bonchev–Trinajstić information content (AvgIpc) is 3.73. The second-order valence-corrected chi connectivity index (χ2v) is 16.4. The number of para-hydroxylation sites is 1. The Kier molecular flexibility index (Phi) is 8.13. The van der Waals surface area contributed by atoms with Gasteiger partial charge in [0.2, 0.25) is 0 Å². The summed E-state index contributed by atoms with van der Waals surface area (Å²) in [6.45, 7) is 4.72. The zero-order valence-electron chi connectivity index (χ0n) is 33.3. The zero-order valence-corrected chi connectivity index (χ0v) is 33.3. The zero-order chi connectivity index (χ0) is 39.6. The largest absolute Gasteiger partial charge is 0.310 e. The van der Waals surface area contributed by atoms with Crippen LogP contribution in [0, 0.1) is 0 Å². The molecule has 0 heterocycles. The van der Waals surface area contributed by atoms with Crippen molar-refractivity contribution in [1.29, 1.82) is 0 Å². The van der Waals surface area contributed by atoms with Crippen molar-refractivity contribution in [2.75, 3.05) is 4.90 Å². The molecular formula is C58H43N. The molecule has 0 saturated carbocycles. The molecule has 0 aliphatic heterocycles. The number of hydrogen-bond donors (Lipinski definition) is 0. The Labute approximate surface area is 347 Å². The maximum Gasteiger partial charge on any atom is 0.0713 e. The summed E-state index contributed by atoms with van der Waals surface area (Å²) in [4.78, 5) is 2.46. The van der Waals surface area contributed by atoms with Crippen LogP contribution in [0.1, 0.15) is 47.2 Å². The normalized spacial score (nSPS) is 13.9. The molecule has 59 heavy (non-hydrogen) atoms. The molecule has 280 valence electrons. The van der Waals surface area contributed by atoms with Crippen molar-refractivity contribution in [1.82, 2.24) is 0 Å². The summed E-state index contributed by atoms with van der Waals surface area (Å²) >= 11 is 0. The van der Waals surface area contributed by atoms with Gasteiger partial charge >= 0.3 is 0 Å². The quantitative estimate of drug-likeness (QED) is 0.157. The van der Waals surface area contributed by atoms with E-state index in [1.54, 1.807) is 0 Å². The van der Waals surface area contributed by atoms with Gasteiger partial charge in [-0.1, -0.05) is 208 Å². The molecule has 9 aromatic carbocycles. The maximum atomic E-state index is 2.46. The summed E-state index contributed by atoms with van der Waals surface area (Å²) in [5.41, 5.74) is 20.7. The topological polar surface area (TPSA) is 3.24 Å². The van der Waals surface area contributed by atoms with E-state index in [0.29, 0.717) is 0 Å². The standard InChI is InChI=1S/C58H43N/c1-57(2)51-29-15-12-25-47(51)50-38-37-45(39-54(50)57)59(44-23-10-5-11-24-44)55-32-18-28-46(40-19-6-3-7-20-40)56(55)41-33-35-43(36-34-41)58(42-21-8-4-9-22-42)52-30-16-13-26-48(52)49-27-14-17-31-53(49)58/h3-39H,1-2H3. The first-order valence-corrected chi connectivity index (χ1v) is 20.7. The Balaban J connectivity index is 1.14. The highest BCUT2D eigenvalue weighted by atomic mass is 15.1. The second-order valence-electron chi connectivity index (χ2n) is 16.4. The van der Waals surface area contributed by atoms with Crippen molar-refractivity contribution in [2.45, 2.75) is 24.7 Å². The first kappa shape index (κ1) is 35.0. The van der Waals surface area contributed by atoms with E-state index in [1.807, 2.05) is 0 Å². The molecule has 9 aromatic rings. The predicted molar refractivity (Wildman–Crippen MR) is 247 cm³/mol. The smallest absolute Gasteiger partial charge is 0.0713 e. The lowest BCUT2D eigenvalue weighted by Crippen LogP contribution is -2.28. The minimum atomic E-state index is -0.459. The molecule has 0 atom stereocenters. The van der Waals surface area contributed by atoms with E-state index in [9.17, 15) is 0 Å². The molecule has 2 aliphatic carbocycles. The predicted octanol–water partition coefficient (Wildman–Crippen LogP) is 15.2. The van der Waals surface area contributed by atoms with Crippen LogP contribution >= 0.6 is 0 Å². The van der Waals surface area contributed by atoms with E-state index in [0.717, 1.165) is 17.1 Å². The second kappa shape index (κ2) is 13.7. The van der Waals surface area contributed by atoms with Crippen LogP contribution in [0.3, 0.4) is 0 Å². The molecular weight excluding hydrogens is 711 g/mol. The van der Waals surface area contributed by atoms with E-state index in [4.69, 9.17) is 0 Å². The summed E-state index contributed by atoms with van der Waals surface area (Å²) < 4.78 is 0. The monoisotopic (exact) mass is 753 g/mol. The van der Waals surface area contributed by atoms with Gasteiger partial charge in [-0.2, -0.15) is 0 Å². The fourth-order valence-corrected chi connectivity index (χ4v) is 10.3. The highest BCUT2D eigenvalue weighted by molar-refractivity contribution is 5.98. The summed E-state index contributed by atoms with van der Waals surface area (Å²) in [6, 6.07) is 83.0. The van der Waals surface area contributed by atoms with Crippen molar-refractivity contribution >= 4 is 17.1 Å². The van der Waals surface area contributed by atoms with E-state index < -0.39 is 5.41 Å². The van der Waals surface area contributed by atoms with Gasteiger partial charge in [0.1, 0.15) is 0 Å². The number of nitrogens with zero attached hydrogens (tertiary/aromatic N) is 1. The Bertz CT molecular complexity index is 2950. The van der Waals surface area contributed by atoms with E-state index in [2.05, 4.69) is 243 Å². The third kappa shape index (κ3) is 5.31. The van der Waals surface area contributed by atoms with Gasteiger partial charge in [-0.15, -0.1) is 0 Å². The lowest BCUT2D eigenvalue weighted by atomic mass is 9.67. The van der Waals surface area contributed by atoms with Gasteiger partial charge in [0, 0.05) is 22.4 Å². The van der Waals surface area contributed by atoms with Crippen LogP contribution in [0.2, 0.25) is 0 Å². The van der Waals surface area contributed by atoms with Crippen LogP contribution in [0.15, 0.2) is 224 Å². The highest BCUT2D eigenvalue weighted by Gasteiger charge is 2.46. The summed E-state index contributed by atoms with van der Waals surface area (Å²) in [7, 11) is 0. The maximum absolute atomic E-state index is 2.46. The SMILES string of the molecule is CC1(C)c2ccccc2-c2ccc(N(c3ccccc3)c3cccc(-c4ccccc4)c3-c3ccc(C4(c5ccccc5)c5ccccc5-c5ccccc54)cc3)cc21. The molecule has 11 rings (SSSR count). The van der Waals surface area contributed by atoms with Crippen molar-refractivity contribution in [3.05, 3.63) is 258 Å². The molecule has 1 heteroatoms. The number of fused-ring (bicyclic) bond motifs is 6. The third-order valence-corrected chi connectivity index (χ3v) is 13.0. The first-order valence-electron chi connectivity index (χ1n) is 20.7. The Morgan fingerprint density at radius 2 is 0.814 bits per heavy atom. The van der Waals surface area contributed by atoms with Gasteiger partial charge in [0.25, 0.3) is 0 Å². The Morgan fingerprint density at radius 3 is 1.46 bits per heavy atom. The summed E-state index contributed by atoms with van der Waals surface area (Å²) in [5.74, 6) is 0. The number of rotatable bonds is 7. The van der Waals surface area contributed by atoms with Crippen LogP contribution in [-0.4, -0.2) is 0 Å². The molecule has 2 aliphatic rings. The molecule has 0 aromatic heterocycles. The van der Waals surface area contributed by atoms with Gasteiger partial charge in [0.15, 0.2) is 0 Å². The van der Waals surface area contributed by atoms with Crippen LogP contribution in [0.25, 0.3) is 44.5 Å². The average molecular weight is 754 g/mol. The van der Waals surface area contributed by atoms with E-state index >= 15 is 0 Å². The molecule has 1 nitrogen and oxygen atoms in total. The van der Waals surface area contributed by atoms with Crippen molar-refractivity contribution in [2.24, 2.45) is 0 Å². The fraction of sp³-hybridized carbons (Fsp3) is 0.0690. The van der Waals surface area contributed by atoms with E-state index in [-0.39, 0.29) is 5.41 Å². The van der Waals surface area contributed by atoms with Gasteiger partial charge in [-0.25, -0.2) is 0 Å². The number of anilines is 3. The molecule has 0 unspecified atom stereocenters. The Morgan fingerprint density at radius 1 is 0.322 bits per heavy atom. The van der Waals surface area contributed by atoms with Crippen molar-refractivity contribution in [3.63, 3.8) is 0 Å². The van der Waals surface area contributed by atoms with Gasteiger partial charge < -0.3 is 4.90 Å². The number of benzene rings is 9. The summed E-state index contributed by atoms with van der Waals surface area (Å²) in [6.07, 6.45) is 0. The van der Waals surface area contributed by atoms with Crippen LogP contribution in [0.4, 0.5) is 17.1 Å². The molecule has 0 saturated heterocycles. The minimum absolute atomic E-state index is 0.124. The molecule has 0 N–H and O–H groups in total. The Hall–Kier alpha value is -7.22. The van der Waals surface area contributed by atoms with Crippen molar-refractivity contribution < 1.29 is 0 Å². The van der Waals surface area contributed by atoms with Gasteiger partial charge in [-0.3, -0.25) is 0 Å². The molecule has 0 amide bonds. The summed E-state index contributed by atoms with van der Waals surface area (Å²) in [5, 5.41) is 0. The molecule has 0 spiro atoms. The lowest BCUT2D eigenvalue weighted by Gasteiger charge is -2.34.